The summed E-state index contributed by atoms with van der Waals surface area (Å²) >= 11 is 3.45. The van der Waals surface area contributed by atoms with Crippen LogP contribution < -0.4 is 10.6 Å². The summed E-state index contributed by atoms with van der Waals surface area (Å²) in [5, 5.41) is 6.05. The monoisotopic (exact) mass is 377 g/mol. The molecule has 1 aromatic carbocycles. The first-order valence-corrected chi connectivity index (χ1v) is 8.16. The minimum Gasteiger partial charge on any atom is -0.385 e. The van der Waals surface area contributed by atoms with Gasteiger partial charge >= 0.3 is 0 Å². The summed E-state index contributed by atoms with van der Waals surface area (Å²) in [7, 11) is 1.68. The first kappa shape index (κ1) is 17.4. The van der Waals surface area contributed by atoms with Crippen LogP contribution in [0.3, 0.4) is 0 Å². The quantitative estimate of drug-likeness (QED) is 0.719. The third kappa shape index (κ3) is 5.33. The zero-order valence-electron chi connectivity index (χ0n) is 13.2. The summed E-state index contributed by atoms with van der Waals surface area (Å²) in [6.07, 6.45) is 2.47. The fourth-order valence-corrected chi connectivity index (χ4v) is 2.57. The number of pyridine rings is 1. The van der Waals surface area contributed by atoms with E-state index in [0.29, 0.717) is 12.2 Å². The van der Waals surface area contributed by atoms with Crippen molar-refractivity contribution >= 4 is 33.3 Å². The molecule has 1 aromatic heterocycles. The number of hydrogen-bond donors (Lipinski definition) is 2. The molecule has 2 aromatic rings. The second kappa shape index (κ2) is 8.64. The highest BCUT2D eigenvalue weighted by Gasteiger charge is 2.09. The normalized spacial score (nSPS) is 10.4. The van der Waals surface area contributed by atoms with Gasteiger partial charge in [-0.25, -0.2) is 4.98 Å². The number of amides is 1. The van der Waals surface area contributed by atoms with E-state index in [4.69, 9.17) is 4.74 Å². The molecular formula is C17H20BrN3O2. The summed E-state index contributed by atoms with van der Waals surface area (Å²) in [5.74, 6) is 0.558. The van der Waals surface area contributed by atoms with E-state index in [2.05, 4.69) is 31.5 Å². The smallest absolute Gasteiger partial charge is 0.257 e. The van der Waals surface area contributed by atoms with Crippen LogP contribution in [-0.2, 0) is 4.74 Å². The molecule has 0 saturated heterocycles. The molecular weight excluding hydrogens is 358 g/mol. The van der Waals surface area contributed by atoms with E-state index in [-0.39, 0.29) is 5.91 Å². The highest BCUT2D eigenvalue weighted by molar-refractivity contribution is 9.10. The van der Waals surface area contributed by atoms with E-state index in [1.54, 1.807) is 25.4 Å². The van der Waals surface area contributed by atoms with Crippen LogP contribution >= 0.6 is 15.9 Å². The van der Waals surface area contributed by atoms with Crippen LogP contribution in [-0.4, -0.2) is 31.2 Å². The first-order valence-electron chi connectivity index (χ1n) is 7.36. The molecule has 23 heavy (non-hydrogen) atoms. The van der Waals surface area contributed by atoms with E-state index in [1.807, 2.05) is 25.1 Å². The van der Waals surface area contributed by atoms with Gasteiger partial charge in [0, 0.05) is 30.9 Å². The first-order chi connectivity index (χ1) is 11.1. The number of carbonyl (C=O) groups excluding carboxylic acids is 1. The molecule has 0 aliphatic heterocycles. The van der Waals surface area contributed by atoms with Crippen LogP contribution in [0.4, 0.5) is 11.5 Å². The van der Waals surface area contributed by atoms with E-state index >= 15 is 0 Å². The molecule has 5 nitrogen and oxygen atoms in total. The second-order valence-corrected chi connectivity index (χ2v) is 6.00. The lowest BCUT2D eigenvalue weighted by molar-refractivity contribution is 0.102. The van der Waals surface area contributed by atoms with Gasteiger partial charge in [-0.2, -0.15) is 0 Å². The number of nitrogens with zero attached hydrogens (tertiary/aromatic N) is 1. The SMILES string of the molecule is COCCCNc1ccc(C(=O)Nc2ccc(C)cc2Br)cn1. The predicted octanol–water partition coefficient (Wildman–Crippen LogP) is 3.85. The van der Waals surface area contributed by atoms with E-state index in [1.165, 1.54) is 0 Å². The molecule has 0 saturated carbocycles. The van der Waals surface area contributed by atoms with Crippen molar-refractivity contribution in [2.45, 2.75) is 13.3 Å². The Hall–Kier alpha value is -1.92. The average molecular weight is 378 g/mol. The molecule has 0 aliphatic carbocycles. The zero-order valence-corrected chi connectivity index (χ0v) is 14.8. The molecule has 122 valence electrons. The van der Waals surface area contributed by atoms with Crippen molar-refractivity contribution in [3.8, 4) is 0 Å². The van der Waals surface area contributed by atoms with Crippen molar-refractivity contribution in [3.05, 3.63) is 52.1 Å². The number of halogens is 1. The van der Waals surface area contributed by atoms with Crippen molar-refractivity contribution in [2.24, 2.45) is 0 Å². The van der Waals surface area contributed by atoms with Crippen molar-refractivity contribution in [1.29, 1.82) is 0 Å². The van der Waals surface area contributed by atoms with Crippen molar-refractivity contribution in [1.82, 2.24) is 4.98 Å². The zero-order chi connectivity index (χ0) is 16.7. The number of rotatable bonds is 7. The molecule has 0 aliphatic rings. The number of ether oxygens (including phenoxy) is 1. The molecule has 0 unspecified atom stereocenters. The lowest BCUT2D eigenvalue weighted by atomic mass is 10.2. The van der Waals surface area contributed by atoms with Gasteiger partial charge in [-0.1, -0.05) is 6.07 Å². The molecule has 6 heteroatoms. The molecule has 0 atom stereocenters. The van der Waals surface area contributed by atoms with E-state index in [0.717, 1.165) is 34.5 Å². The number of anilines is 2. The number of hydrogen-bond acceptors (Lipinski definition) is 4. The standard InChI is InChI=1S/C17H20BrN3O2/c1-12-4-6-15(14(18)10-12)21-17(22)13-5-7-16(20-11-13)19-8-3-9-23-2/h4-7,10-11H,3,8-9H2,1-2H3,(H,19,20)(H,21,22). The molecule has 2 rings (SSSR count). The van der Waals surface area contributed by atoms with Crippen molar-refractivity contribution in [3.63, 3.8) is 0 Å². The maximum absolute atomic E-state index is 12.3. The molecule has 1 amide bonds. The molecule has 2 N–H and O–H groups in total. The van der Waals surface area contributed by atoms with Crippen LogP contribution in [0, 0.1) is 6.92 Å². The van der Waals surface area contributed by atoms with Gasteiger partial charge in [-0.15, -0.1) is 0 Å². The Balaban J connectivity index is 1.94. The van der Waals surface area contributed by atoms with Crippen LogP contribution in [0.1, 0.15) is 22.3 Å². The minimum atomic E-state index is -0.187. The van der Waals surface area contributed by atoms with Gasteiger partial charge in [0.2, 0.25) is 0 Å². The average Bonchev–Trinajstić information content (AvgIpc) is 2.55. The van der Waals surface area contributed by atoms with Crippen molar-refractivity contribution < 1.29 is 9.53 Å². The lowest BCUT2D eigenvalue weighted by Gasteiger charge is -2.09. The predicted molar refractivity (Wildman–Crippen MR) is 96.1 cm³/mol. The van der Waals surface area contributed by atoms with Crippen LogP contribution in [0.25, 0.3) is 0 Å². The van der Waals surface area contributed by atoms with Crippen LogP contribution in [0.5, 0.6) is 0 Å². The Kier molecular flexibility index (Phi) is 6.55. The largest absolute Gasteiger partial charge is 0.385 e. The summed E-state index contributed by atoms with van der Waals surface area (Å²) in [5.41, 5.74) is 2.38. The van der Waals surface area contributed by atoms with E-state index in [9.17, 15) is 4.79 Å². The number of benzene rings is 1. The molecule has 1 heterocycles. The van der Waals surface area contributed by atoms with Gasteiger partial charge in [0.25, 0.3) is 5.91 Å². The number of aromatic nitrogens is 1. The van der Waals surface area contributed by atoms with Gasteiger partial charge in [-0.05, 0) is 59.1 Å². The Labute approximate surface area is 144 Å². The Morgan fingerprint density at radius 2 is 2.13 bits per heavy atom. The number of carbonyl (C=O) groups is 1. The van der Waals surface area contributed by atoms with Crippen LogP contribution in [0.15, 0.2) is 41.0 Å². The topological polar surface area (TPSA) is 63.2 Å². The third-order valence-corrected chi connectivity index (χ3v) is 3.89. The molecule has 0 fully saturated rings. The third-order valence-electron chi connectivity index (χ3n) is 3.23. The van der Waals surface area contributed by atoms with Crippen molar-refractivity contribution in [2.75, 3.05) is 30.9 Å². The Morgan fingerprint density at radius 3 is 2.78 bits per heavy atom. The van der Waals surface area contributed by atoms with Gasteiger partial charge < -0.3 is 15.4 Å². The molecule has 0 radical (unpaired) electrons. The Morgan fingerprint density at radius 1 is 1.30 bits per heavy atom. The highest BCUT2D eigenvalue weighted by Crippen LogP contribution is 2.23. The fourth-order valence-electron chi connectivity index (χ4n) is 1.98. The minimum absolute atomic E-state index is 0.187. The summed E-state index contributed by atoms with van der Waals surface area (Å²) < 4.78 is 5.84. The van der Waals surface area contributed by atoms with E-state index < -0.39 is 0 Å². The van der Waals surface area contributed by atoms with Gasteiger partial charge in [0.15, 0.2) is 0 Å². The summed E-state index contributed by atoms with van der Waals surface area (Å²) in [6.45, 7) is 3.49. The maximum atomic E-state index is 12.3. The lowest BCUT2D eigenvalue weighted by Crippen LogP contribution is -2.13. The summed E-state index contributed by atoms with van der Waals surface area (Å²) in [4.78, 5) is 16.5. The van der Waals surface area contributed by atoms with Crippen LogP contribution in [0.2, 0.25) is 0 Å². The maximum Gasteiger partial charge on any atom is 0.257 e. The number of methoxy groups -OCH3 is 1. The molecule has 0 bridgehead atoms. The fraction of sp³-hybridized carbons (Fsp3) is 0.294. The second-order valence-electron chi connectivity index (χ2n) is 5.14. The molecule has 0 spiro atoms. The van der Waals surface area contributed by atoms with Gasteiger partial charge in [0.1, 0.15) is 5.82 Å². The highest BCUT2D eigenvalue weighted by atomic mass is 79.9. The number of nitrogens with one attached hydrogen (secondary N) is 2. The number of aryl methyl sites for hydroxylation is 1. The Bertz CT molecular complexity index is 659. The van der Waals surface area contributed by atoms with Gasteiger partial charge in [-0.3, -0.25) is 4.79 Å². The summed E-state index contributed by atoms with van der Waals surface area (Å²) in [6, 6.07) is 9.33. The van der Waals surface area contributed by atoms with Gasteiger partial charge in [0.05, 0.1) is 11.3 Å².